The van der Waals surface area contributed by atoms with Crippen LogP contribution < -0.4 is 15.0 Å². The second kappa shape index (κ2) is 16.8. The second-order valence-corrected chi connectivity index (χ2v) is 11.4. The minimum absolute atomic E-state index is 0.0852. The van der Waals surface area contributed by atoms with Gasteiger partial charge in [-0.1, -0.05) is 56.0 Å². The molecule has 2 amide bonds. The third-order valence-electron chi connectivity index (χ3n) is 5.71. The predicted octanol–water partition coefficient (Wildman–Crippen LogP) is 4.66. The Hall–Kier alpha value is -2.99. The molecule has 204 valence electrons. The summed E-state index contributed by atoms with van der Waals surface area (Å²) < 4.78 is 26.8. The Morgan fingerprint density at radius 1 is 0.763 bits per heavy atom. The first-order chi connectivity index (χ1) is 18.5. The Labute approximate surface area is 230 Å². The van der Waals surface area contributed by atoms with Crippen LogP contribution in [0.3, 0.4) is 0 Å². The standard InChI is InChI=1S/C27H36N6O3S2/c34-27(30-32-38(35,36)26-16-6-5-7-17-26)31-37-21-13-4-2-1-3-12-20-33(22-24-14-8-10-18-28-24)23-25-15-9-11-19-29-25/h5-11,14-19,32H,1-4,12-13,20-23H2,(H2,30,31,34). The van der Waals surface area contributed by atoms with Crippen molar-refractivity contribution in [2.45, 2.75) is 56.5 Å². The van der Waals surface area contributed by atoms with E-state index in [1.807, 2.05) is 36.7 Å². The van der Waals surface area contributed by atoms with E-state index >= 15 is 0 Å². The summed E-state index contributed by atoms with van der Waals surface area (Å²) in [6, 6.07) is 19.3. The van der Waals surface area contributed by atoms with Gasteiger partial charge >= 0.3 is 6.03 Å². The lowest BCUT2D eigenvalue weighted by Crippen LogP contribution is -2.45. The van der Waals surface area contributed by atoms with Gasteiger partial charge in [0.15, 0.2) is 0 Å². The van der Waals surface area contributed by atoms with Gasteiger partial charge in [0.1, 0.15) is 0 Å². The average molecular weight is 557 g/mol. The number of rotatable bonds is 17. The molecule has 9 nitrogen and oxygen atoms in total. The van der Waals surface area contributed by atoms with Crippen molar-refractivity contribution >= 4 is 28.0 Å². The largest absolute Gasteiger partial charge is 0.339 e. The number of pyridine rings is 2. The molecule has 0 unspecified atom stereocenters. The molecule has 0 aliphatic carbocycles. The summed E-state index contributed by atoms with van der Waals surface area (Å²) in [5.74, 6) is 0.765. The number of carbonyl (C=O) groups excluding carboxylic acids is 1. The van der Waals surface area contributed by atoms with Gasteiger partial charge in [-0.15, -0.1) is 4.83 Å². The molecule has 0 atom stereocenters. The van der Waals surface area contributed by atoms with Gasteiger partial charge < -0.3 is 0 Å². The first-order valence-corrected chi connectivity index (χ1v) is 15.3. The van der Waals surface area contributed by atoms with Crippen LogP contribution in [0.2, 0.25) is 0 Å². The molecule has 3 N–H and O–H groups in total. The Morgan fingerprint density at radius 2 is 1.34 bits per heavy atom. The van der Waals surface area contributed by atoms with E-state index in [0.717, 1.165) is 68.9 Å². The van der Waals surface area contributed by atoms with Crippen LogP contribution >= 0.6 is 11.9 Å². The van der Waals surface area contributed by atoms with Crippen LogP contribution in [0.25, 0.3) is 0 Å². The zero-order valence-electron chi connectivity index (χ0n) is 21.5. The summed E-state index contributed by atoms with van der Waals surface area (Å²) in [4.78, 5) is 25.3. The van der Waals surface area contributed by atoms with Crippen molar-refractivity contribution in [3.63, 3.8) is 0 Å². The molecule has 11 heteroatoms. The maximum Gasteiger partial charge on any atom is 0.339 e. The molecule has 0 saturated heterocycles. The number of nitrogens with zero attached hydrogens (tertiary/aromatic N) is 3. The lowest BCUT2D eigenvalue weighted by Gasteiger charge is -2.21. The number of urea groups is 1. The van der Waals surface area contributed by atoms with Crippen LogP contribution in [0.15, 0.2) is 84.0 Å². The van der Waals surface area contributed by atoms with E-state index in [1.165, 1.54) is 30.5 Å². The zero-order chi connectivity index (χ0) is 26.9. The maximum absolute atomic E-state index is 12.1. The number of unbranched alkanes of at least 4 members (excludes halogenated alkanes) is 5. The molecule has 0 fully saturated rings. The number of hydrogen-bond donors (Lipinski definition) is 3. The van der Waals surface area contributed by atoms with E-state index in [1.54, 1.807) is 18.2 Å². The van der Waals surface area contributed by atoms with Gasteiger partial charge in [0.05, 0.1) is 16.3 Å². The molecule has 0 saturated carbocycles. The van der Waals surface area contributed by atoms with Crippen molar-refractivity contribution in [3.8, 4) is 0 Å². The molecular weight excluding hydrogens is 520 g/mol. The van der Waals surface area contributed by atoms with Crippen molar-refractivity contribution in [1.82, 2.24) is 29.8 Å². The van der Waals surface area contributed by atoms with Crippen molar-refractivity contribution in [2.75, 3.05) is 12.3 Å². The van der Waals surface area contributed by atoms with E-state index < -0.39 is 16.1 Å². The summed E-state index contributed by atoms with van der Waals surface area (Å²) in [5, 5.41) is 0. The summed E-state index contributed by atoms with van der Waals surface area (Å²) in [5.41, 5.74) is 4.30. The van der Waals surface area contributed by atoms with Gasteiger partial charge in [-0.25, -0.2) is 13.2 Å². The number of nitrogens with one attached hydrogen (secondary N) is 3. The fourth-order valence-electron chi connectivity index (χ4n) is 3.79. The van der Waals surface area contributed by atoms with E-state index in [0.29, 0.717) is 0 Å². The van der Waals surface area contributed by atoms with E-state index in [-0.39, 0.29) is 4.90 Å². The summed E-state index contributed by atoms with van der Waals surface area (Å²) >= 11 is 1.27. The molecule has 2 heterocycles. The minimum atomic E-state index is -3.78. The molecule has 1 aromatic carbocycles. The van der Waals surface area contributed by atoms with E-state index in [2.05, 4.69) is 42.0 Å². The third-order valence-corrected chi connectivity index (χ3v) is 7.80. The molecular formula is C27H36N6O3S2. The third kappa shape index (κ3) is 11.6. The van der Waals surface area contributed by atoms with Gasteiger partial charge in [0.25, 0.3) is 10.0 Å². The Kier molecular flexibility index (Phi) is 13.0. The van der Waals surface area contributed by atoms with Crippen molar-refractivity contribution in [2.24, 2.45) is 0 Å². The summed E-state index contributed by atoms with van der Waals surface area (Å²) in [6.45, 7) is 2.61. The lowest BCUT2D eigenvalue weighted by atomic mass is 10.1. The first-order valence-electron chi connectivity index (χ1n) is 12.8. The molecule has 0 aliphatic rings. The normalized spacial score (nSPS) is 11.4. The maximum atomic E-state index is 12.1. The number of hydrogen-bond acceptors (Lipinski definition) is 7. The van der Waals surface area contributed by atoms with Gasteiger partial charge in [-0.2, -0.15) is 0 Å². The monoisotopic (exact) mass is 556 g/mol. The zero-order valence-corrected chi connectivity index (χ0v) is 23.1. The highest BCUT2D eigenvalue weighted by Gasteiger charge is 2.14. The van der Waals surface area contributed by atoms with Crippen LogP contribution in [-0.2, 0) is 23.1 Å². The predicted molar refractivity (Wildman–Crippen MR) is 151 cm³/mol. The SMILES string of the molecule is O=C(NNS(=O)(=O)c1ccccc1)NSCCCCCCCCN(Cc1ccccn1)Cc1ccccn1. The Bertz CT molecular complexity index is 1130. The van der Waals surface area contributed by atoms with Crippen LogP contribution in [0.5, 0.6) is 0 Å². The summed E-state index contributed by atoms with van der Waals surface area (Å²) in [6.07, 6.45) is 10.3. The number of carbonyl (C=O) groups is 1. The fraction of sp³-hybridized carbons (Fsp3) is 0.370. The summed E-state index contributed by atoms with van der Waals surface area (Å²) in [7, 11) is -3.78. The van der Waals surface area contributed by atoms with Crippen LogP contribution in [0.1, 0.15) is 49.9 Å². The number of amides is 2. The van der Waals surface area contributed by atoms with E-state index in [4.69, 9.17) is 0 Å². The lowest BCUT2D eigenvalue weighted by molar-refractivity contribution is 0.244. The Balaban J connectivity index is 1.22. The van der Waals surface area contributed by atoms with Crippen molar-refractivity contribution in [1.29, 1.82) is 0 Å². The van der Waals surface area contributed by atoms with Crippen molar-refractivity contribution < 1.29 is 13.2 Å². The highest BCUT2D eigenvalue weighted by molar-refractivity contribution is 7.97. The molecule has 0 bridgehead atoms. The van der Waals surface area contributed by atoms with Gasteiger partial charge in [-0.3, -0.25) is 25.0 Å². The highest BCUT2D eigenvalue weighted by atomic mass is 32.2. The molecule has 2 aromatic heterocycles. The molecule has 0 aliphatic heterocycles. The molecule has 38 heavy (non-hydrogen) atoms. The van der Waals surface area contributed by atoms with Crippen molar-refractivity contribution in [3.05, 3.63) is 90.5 Å². The first kappa shape index (κ1) is 29.6. The quantitative estimate of drug-likeness (QED) is 0.126. The van der Waals surface area contributed by atoms with E-state index in [9.17, 15) is 13.2 Å². The second-order valence-electron chi connectivity index (χ2n) is 8.80. The van der Waals surface area contributed by atoms with Crippen LogP contribution in [-0.4, -0.2) is 41.6 Å². The molecule has 3 aromatic rings. The van der Waals surface area contributed by atoms with Crippen LogP contribution in [0, 0.1) is 0 Å². The number of hydrazine groups is 1. The topological polar surface area (TPSA) is 116 Å². The highest BCUT2D eigenvalue weighted by Crippen LogP contribution is 2.12. The number of benzene rings is 1. The minimum Gasteiger partial charge on any atom is -0.292 e. The number of sulfonamides is 1. The number of aromatic nitrogens is 2. The smallest absolute Gasteiger partial charge is 0.292 e. The molecule has 0 radical (unpaired) electrons. The average Bonchev–Trinajstić information content (AvgIpc) is 2.94. The van der Waals surface area contributed by atoms with Crippen LogP contribution in [0.4, 0.5) is 4.79 Å². The Morgan fingerprint density at radius 3 is 1.95 bits per heavy atom. The van der Waals surface area contributed by atoms with Gasteiger partial charge in [0, 0.05) is 31.2 Å². The molecule has 3 rings (SSSR count). The molecule has 0 spiro atoms. The fourth-order valence-corrected chi connectivity index (χ4v) is 5.28. The van der Waals surface area contributed by atoms with Gasteiger partial charge in [0.2, 0.25) is 0 Å². The van der Waals surface area contributed by atoms with Gasteiger partial charge in [-0.05, 0) is 67.7 Å².